The van der Waals surface area contributed by atoms with Crippen molar-refractivity contribution in [2.75, 3.05) is 16.3 Å². The van der Waals surface area contributed by atoms with E-state index < -0.39 is 27.9 Å². The Kier molecular flexibility index (Phi) is 5.68. The fourth-order valence-corrected chi connectivity index (χ4v) is 2.09. The van der Waals surface area contributed by atoms with Crippen LogP contribution in [-0.4, -0.2) is 37.7 Å². The van der Waals surface area contributed by atoms with E-state index in [1.54, 1.807) is 12.1 Å². The quantitative estimate of drug-likeness (QED) is 0.566. The van der Waals surface area contributed by atoms with Gasteiger partial charge in [0, 0.05) is 6.42 Å². The summed E-state index contributed by atoms with van der Waals surface area (Å²) in [5.41, 5.74) is 6.03. The monoisotopic (exact) mass is 315 g/mol. The molecule has 0 aliphatic rings. The summed E-state index contributed by atoms with van der Waals surface area (Å²) >= 11 is 0. The molecule has 5 N–H and O–H groups in total. The fraction of sp³-hybridized carbons (Fsp3) is 0.333. The number of anilines is 2. The summed E-state index contributed by atoms with van der Waals surface area (Å²) in [6.45, 7) is 0. The van der Waals surface area contributed by atoms with Crippen molar-refractivity contribution >= 4 is 33.3 Å². The highest BCUT2D eigenvalue weighted by molar-refractivity contribution is 7.92. The lowest BCUT2D eigenvalue weighted by molar-refractivity contribution is -0.137. The number of para-hydroxylation sites is 2. The highest BCUT2D eigenvalue weighted by Gasteiger charge is 2.17. The second-order valence-electron chi connectivity index (χ2n) is 4.45. The molecule has 1 unspecified atom stereocenters. The van der Waals surface area contributed by atoms with E-state index in [0.717, 1.165) is 6.26 Å². The minimum Gasteiger partial charge on any atom is -0.481 e. The molecule has 0 aromatic heterocycles. The van der Waals surface area contributed by atoms with Crippen LogP contribution >= 0.6 is 0 Å². The van der Waals surface area contributed by atoms with E-state index in [1.807, 2.05) is 0 Å². The van der Waals surface area contributed by atoms with E-state index in [9.17, 15) is 18.0 Å². The third-order valence-electron chi connectivity index (χ3n) is 2.49. The predicted molar refractivity (Wildman–Crippen MR) is 78.4 cm³/mol. The van der Waals surface area contributed by atoms with Gasteiger partial charge in [0.15, 0.2) is 0 Å². The van der Waals surface area contributed by atoms with Gasteiger partial charge in [-0.1, -0.05) is 12.1 Å². The Hall–Kier alpha value is -2.13. The maximum absolute atomic E-state index is 11.8. The Morgan fingerprint density at radius 1 is 1.29 bits per heavy atom. The fourth-order valence-electron chi connectivity index (χ4n) is 1.52. The molecule has 1 aromatic rings. The molecule has 1 atom stereocenters. The number of sulfonamides is 1. The zero-order valence-electron chi connectivity index (χ0n) is 11.4. The molecule has 9 heteroatoms. The first-order valence-corrected chi connectivity index (χ1v) is 7.93. The summed E-state index contributed by atoms with van der Waals surface area (Å²) in [4.78, 5) is 22.3. The van der Waals surface area contributed by atoms with E-state index >= 15 is 0 Å². The first kappa shape index (κ1) is 16.9. The van der Waals surface area contributed by atoms with Gasteiger partial charge in [0.2, 0.25) is 15.9 Å². The molecule has 1 amide bonds. The van der Waals surface area contributed by atoms with Crippen LogP contribution in [-0.2, 0) is 19.6 Å². The molecule has 21 heavy (non-hydrogen) atoms. The molecule has 0 saturated carbocycles. The van der Waals surface area contributed by atoms with Crippen LogP contribution < -0.4 is 15.8 Å². The van der Waals surface area contributed by atoms with Crippen LogP contribution in [0.15, 0.2) is 24.3 Å². The summed E-state index contributed by atoms with van der Waals surface area (Å²) in [5.74, 6) is -1.63. The number of aliphatic carboxylic acids is 1. The third kappa shape index (κ3) is 6.23. The summed E-state index contributed by atoms with van der Waals surface area (Å²) in [6.07, 6.45) is 0.755. The molecule has 8 nitrogen and oxygen atoms in total. The molecule has 116 valence electrons. The van der Waals surface area contributed by atoms with Crippen molar-refractivity contribution < 1.29 is 23.1 Å². The Labute approximate surface area is 122 Å². The number of rotatable bonds is 7. The van der Waals surface area contributed by atoms with Crippen LogP contribution in [0.4, 0.5) is 11.4 Å². The highest BCUT2D eigenvalue weighted by Crippen LogP contribution is 2.22. The highest BCUT2D eigenvalue weighted by atomic mass is 32.2. The lowest BCUT2D eigenvalue weighted by Crippen LogP contribution is -2.36. The number of nitrogens with two attached hydrogens (primary N) is 1. The molecule has 0 heterocycles. The molecular weight excluding hydrogens is 298 g/mol. The lowest BCUT2D eigenvalue weighted by atomic mass is 10.1. The maximum Gasteiger partial charge on any atom is 0.303 e. The Morgan fingerprint density at radius 3 is 2.38 bits per heavy atom. The number of carbonyl (C=O) groups excluding carboxylic acids is 1. The second kappa shape index (κ2) is 7.04. The van der Waals surface area contributed by atoms with E-state index in [4.69, 9.17) is 10.8 Å². The summed E-state index contributed by atoms with van der Waals surface area (Å²) < 4.78 is 24.7. The molecule has 0 radical (unpaired) electrons. The molecule has 0 aliphatic heterocycles. The molecule has 0 fully saturated rings. The number of benzene rings is 1. The zero-order valence-corrected chi connectivity index (χ0v) is 12.2. The SMILES string of the molecule is CS(=O)(=O)Nc1ccccc1NC(=O)C(N)CCC(=O)O. The molecule has 1 aromatic carbocycles. The van der Waals surface area contributed by atoms with Crippen LogP contribution in [0.1, 0.15) is 12.8 Å². The summed E-state index contributed by atoms with van der Waals surface area (Å²) in [5, 5.41) is 11.0. The lowest BCUT2D eigenvalue weighted by Gasteiger charge is -2.14. The molecule has 1 rings (SSSR count). The normalized spacial score (nSPS) is 12.5. The van der Waals surface area contributed by atoms with Crippen LogP contribution in [0.25, 0.3) is 0 Å². The van der Waals surface area contributed by atoms with Gasteiger partial charge in [-0.25, -0.2) is 8.42 Å². The first-order chi connectivity index (χ1) is 9.69. The third-order valence-corrected chi connectivity index (χ3v) is 3.08. The molecule has 0 bridgehead atoms. The van der Waals surface area contributed by atoms with Crippen LogP contribution in [0.2, 0.25) is 0 Å². The largest absolute Gasteiger partial charge is 0.481 e. The Balaban J connectivity index is 2.78. The van der Waals surface area contributed by atoms with Crippen molar-refractivity contribution in [3.8, 4) is 0 Å². The first-order valence-electron chi connectivity index (χ1n) is 6.04. The summed E-state index contributed by atoms with van der Waals surface area (Å²) in [6, 6.07) is 5.22. The van der Waals surface area contributed by atoms with Gasteiger partial charge >= 0.3 is 5.97 Å². The van der Waals surface area contributed by atoms with Gasteiger partial charge in [0.1, 0.15) is 0 Å². The zero-order chi connectivity index (χ0) is 16.0. The van der Waals surface area contributed by atoms with E-state index in [0.29, 0.717) is 0 Å². The number of amides is 1. The average Bonchev–Trinajstić information content (AvgIpc) is 2.36. The topological polar surface area (TPSA) is 139 Å². The number of carboxylic acids is 1. The minimum absolute atomic E-state index is 0.0111. The van der Waals surface area contributed by atoms with Crippen molar-refractivity contribution in [3.05, 3.63) is 24.3 Å². The predicted octanol–water partition coefficient (Wildman–Crippen LogP) is 0.189. The van der Waals surface area contributed by atoms with Crippen molar-refractivity contribution in [3.63, 3.8) is 0 Å². The van der Waals surface area contributed by atoms with Crippen LogP contribution in [0.5, 0.6) is 0 Å². The van der Waals surface area contributed by atoms with Gasteiger partial charge in [-0.15, -0.1) is 0 Å². The number of carbonyl (C=O) groups is 2. The second-order valence-corrected chi connectivity index (χ2v) is 6.20. The smallest absolute Gasteiger partial charge is 0.303 e. The molecular formula is C12H17N3O5S. The van der Waals surface area contributed by atoms with Gasteiger partial charge in [0.05, 0.1) is 23.7 Å². The number of hydrogen-bond donors (Lipinski definition) is 4. The van der Waals surface area contributed by atoms with E-state index in [1.165, 1.54) is 12.1 Å². The van der Waals surface area contributed by atoms with Crippen LogP contribution in [0.3, 0.4) is 0 Å². The molecule has 0 aliphatic carbocycles. The average molecular weight is 315 g/mol. The van der Waals surface area contributed by atoms with Gasteiger partial charge in [-0.2, -0.15) is 0 Å². The van der Waals surface area contributed by atoms with Gasteiger partial charge in [-0.3, -0.25) is 14.3 Å². The van der Waals surface area contributed by atoms with Gasteiger partial charge in [0.25, 0.3) is 0 Å². The van der Waals surface area contributed by atoms with Crippen LogP contribution in [0, 0.1) is 0 Å². The standard InChI is InChI=1S/C12H17N3O5S/c1-21(19,20)15-10-5-3-2-4-9(10)14-12(18)8(13)6-7-11(16)17/h2-5,8,15H,6-7,13H2,1H3,(H,14,18)(H,16,17). The number of hydrogen-bond acceptors (Lipinski definition) is 5. The molecule has 0 spiro atoms. The van der Waals surface area contributed by atoms with E-state index in [-0.39, 0.29) is 24.2 Å². The Bertz CT molecular complexity index is 630. The number of nitrogens with one attached hydrogen (secondary N) is 2. The maximum atomic E-state index is 11.8. The number of carboxylic acid groups (broad SMARTS) is 1. The van der Waals surface area contributed by atoms with Gasteiger partial charge in [-0.05, 0) is 18.6 Å². The Morgan fingerprint density at radius 2 is 1.86 bits per heavy atom. The van der Waals surface area contributed by atoms with Crippen molar-refractivity contribution in [2.24, 2.45) is 5.73 Å². The molecule has 0 saturated heterocycles. The van der Waals surface area contributed by atoms with Crippen molar-refractivity contribution in [1.29, 1.82) is 0 Å². The minimum atomic E-state index is -3.49. The summed E-state index contributed by atoms with van der Waals surface area (Å²) in [7, 11) is -3.49. The van der Waals surface area contributed by atoms with Crippen molar-refractivity contribution in [2.45, 2.75) is 18.9 Å². The van der Waals surface area contributed by atoms with E-state index in [2.05, 4.69) is 10.0 Å². The van der Waals surface area contributed by atoms with Gasteiger partial charge < -0.3 is 16.2 Å². The van der Waals surface area contributed by atoms with Crippen molar-refractivity contribution in [1.82, 2.24) is 0 Å².